The van der Waals surface area contributed by atoms with E-state index in [9.17, 15) is 9.90 Å². The second kappa shape index (κ2) is 8.86. The Morgan fingerprint density at radius 3 is 2.81 bits per heavy atom. The fourth-order valence-corrected chi connectivity index (χ4v) is 3.72. The Kier molecular flexibility index (Phi) is 6.29. The number of methoxy groups -OCH3 is 1. The van der Waals surface area contributed by atoms with E-state index in [1.165, 1.54) is 5.56 Å². The molecule has 1 aliphatic rings. The molecule has 2 aromatic carbocycles. The third-order valence-electron chi connectivity index (χ3n) is 5.14. The van der Waals surface area contributed by atoms with Crippen LogP contribution in [-0.2, 0) is 24.2 Å². The number of amides is 1. The number of hydrogen-bond donors (Lipinski definition) is 1. The predicted molar refractivity (Wildman–Crippen MR) is 102 cm³/mol. The highest BCUT2D eigenvalue weighted by Crippen LogP contribution is 2.24. The average Bonchev–Trinajstić information content (AvgIpc) is 3.15. The maximum Gasteiger partial charge on any atom is 0.222 e. The van der Waals surface area contributed by atoms with Gasteiger partial charge in [0.25, 0.3) is 0 Å². The monoisotopic (exact) mass is 353 g/mol. The number of benzene rings is 2. The summed E-state index contributed by atoms with van der Waals surface area (Å²) in [4.78, 5) is 14.6. The lowest BCUT2D eigenvalue weighted by atomic mass is 9.97. The summed E-state index contributed by atoms with van der Waals surface area (Å²) in [5.41, 5.74) is 3.27. The van der Waals surface area contributed by atoms with Crippen LogP contribution in [0, 0.1) is 5.92 Å². The quantitative estimate of drug-likeness (QED) is 0.831. The molecule has 4 nitrogen and oxygen atoms in total. The van der Waals surface area contributed by atoms with Gasteiger partial charge in [0.05, 0.1) is 13.7 Å². The van der Waals surface area contributed by atoms with Gasteiger partial charge in [-0.25, -0.2) is 0 Å². The summed E-state index contributed by atoms with van der Waals surface area (Å²) in [7, 11) is 1.66. The van der Waals surface area contributed by atoms with Crippen molar-refractivity contribution in [3.8, 4) is 5.75 Å². The van der Waals surface area contributed by atoms with Crippen LogP contribution in [0.15, 0.2) is 48.5 Å². The van der Waals surface area contributed by atoms with E-state index in [-0.39, 0.29) is 12.5 Å². The molecule has 138 valence electrons. The number of aryl methyl sites for hydroxylation is 1. The topological polar surface area (TPSA) is 49.8 Å². The highest BCUT2D eigenvalue weighted by atomic mass is 16.5. The first kappa shape index (κ1) is 18.5. The van der Waals surface area contributed by atoms with Crippen LogP contribution < -0.4 is 4.74 Å². The molecule has 0 bridgehead atoms. The molecule has 0 saturated carbocycles. The van der Waals surface area contributed by atoms with Crippen molar-refractivity contribution in [2.24, 2.45) is 5.92 Å². The summed E-state index contributed by atoms with van der Waals surface area (Å²) in [6.45, 7) is 1.75. The van der Waals surface area contributed by atoms with Gasteiger partial charge in [-0.15, -0.1) is 0 Å². The Morgan fingerprint density at radius 2 is 2.00 bits per heavy atom. The Bertz CT molecular complexity index is 744. The van der Waals surface area contributed by atoms with Gasteiger partial charge in [-0.1, -0.05) is 42.5 Å². The molecule has 1 atom stereocenters. The molecule has 3 rings (SSSR count). The second-order valence-electron chi connectivity index (χ2n) is 6.99. The standard InChI is InChI=1S/C22H27NO3/c1-26-21-8-3-2-7-20(21)9-10-22(25)23-12-11-18(15-23)13-17-5-4-6-19(14-17)16-24/h2-8,14,18,24H,9-13,15-16H2,1H3. The van der Waals surface area contributed by atoms with Gasteiger partial charge in [0.1, 0.15) is 5.75 Å². The van der Waals surface area contributed by atoms with Crippen molar-refractivity contribution in [3.63, 3.8) is 0 Å². The van der Waals surface area contributed by atoms with Gasteiger partial charge in [0.2, 0.25) is 5.91 Å². The number of aliphatic hydroxyl groups is 1. The van der Waals surface area contributed by atoms with Gasteiger partial charge in [-0.3, -0.25) is 4.79 Å². The van der Waals surface area contributed by atoms with Crippen LogP contribution >= 0.6 is 0 Å². The number of para-hydroxylation sites is 1. The molecule has 1 fully saturated rings. The zero-order chi connectivity index (χ0) is 18.4. The molecule has 1 aliphatic heterocycles. The molecule has 0 aliphatic carbocycles. The van der Waals surface area contributed by atoms with Crippen molar-refractivity contribution in [1.29, 1.82) is 0 Å². The number of likely N-dealkylation sites (tertiary alicyclic amines) is 1. The molecular formula is C22H27NO3. The number of nitrogens with zero attached hydrogens (tertiary/aromatic N) is 1. The molecule has 0 radical (unpaired) electrons. The fourth-order valence-electron chi connectivity index (χ4n) is 3.72. The third-order valence-corrected chi connectivity index (χ3v) is 5.14. The zero-order valence-corrected chi connectivity index (χ0v) is 15.4. The fraction of sp³-hybridized carbons (Fsp3) is 0.409. The summed E-state index contributed by atoms with van der Waals surface area (Å²) >= 11 is 0. The third kappa shape index (κ3) is 4.64. The summed E-state index contributed by atoms with van der Waals surface area (Å²) in [5, 5.41) is 9.27. The van der Waals surface area contributed by atoms with Crippen molar-refractivity contribution in [1.82, 2.24) is 4.90 Å². The number of aliphatic hydroxyl groups excluding tert-OH is 1. The van der Waals surface area contributed by atoms with E-state index in [2.05, 4.69) is 12.1 Å². The molecule has 26 heavy (non-hydrogen) atoms. The van der Waals surface area contributed by atoms with E-state index in [0.29, 0.717) is 18.8 Å². The molecule has 1 unspecified atom stereocenters. The highest BCUT2D eigenvalue weighted by molar-refractivity contribution is 5.76. The van der Waals surface area contributed by atoms with E-state index in [0.717, 1.165) is 42.8 Å². The van der Waals surface area contributed by atoms with Crippen LogP contribution in [-0.4, -0.2) is 36.1 Å². The Morgan fingerprint density at radius 1 is 1.19 bits per heavy atom. The van der Waals surface area contributed by atoms with Gasteiger partial charge in [0, 0.05) is 19.5 Å². The number of carbonyl (C=O) groups excluding carboxylic acids is 1. The smallest absolute Gasteiger partial charge is 0.222 e. The van der Waals surface area contributed by atoms with E-state index < -0.39 is 0 Å². The summed E-state index contributed by atoms with van der Waals surface area (Å²) in [6, 6.07) is 16.0. The molecule has 1 N–H and O–H groups in total. The summed E-state index contributed by atoms with van der Waals surface area (Å²) in [5.74, 6) is 1.57. The highest BCUT2D eigenvalue weighted by Gasteiger charge is 2.26. The lowest BCUT2D eigenvalue weighted by Gasteiger charge is -2.17. The number of carbonyl (C=O) groups is 1. The van der Waals surface area contributed by atoms with Crippen LogP contribution in [0.5, 0.6) is 5.75 Å². The Hall–Kier alpha value is -2.33. The molecule has 1 amide bonds. The van der Waals surface area contributed by atoms with Gasteiger partial charge in [-0.05, 0) is 47.9 Å². The number of ether oxygens (including phenoxy) is 1. The van der Waals surface area contributed by atoms with Crippen molar-refractivity contribution < 1.29 is 14.6 Å². The van der Waals surface area contributed by atoms with Gasteiger partial charge in [-0.2, -0.15) is 0 Å². The SMILES string of the molecule is COc1ccccc1CCC(=O)N1CCC(Cc2cccc(CO)c2)C1. The van der Waals surface area contributed by atoms with Crippen molar-refractivity contribution in [2.75, 3.05) is 20.2 Å². The van der Waals surface area contributed by atoms with Crippen LogP contribution in [0.4, 0.5) is 0 Å². The van der Waals surface area contributed by atoms with Gasteiger partial charge in [0.15, 0.2) is 0 Å². The van der Waals surface area contributed by atoms with Crippen molar-refractivity contribution >= 4 is 5.91 Å². The van der Waals surface area contributed by atoms with E-state index in [1.807, 2.05) is 41.3 Å². The lowest BCUT2D eigenvalue weighted by Crippen LogP contribution is -2.29. The maximum absolute atomic E-state index is 12.6. The zero-order valence-electron chi connectivity index (χ0n) is 15.4. The first-order valence-electron chi connectivity index (χ1n) is 9.28. The maximum atomic E-state index is 12.6. The summed E-state index contributed by atoms with van der Waals surface area (Å²) < 4.78 is 5.36. The minimum Gasteiger partial charge on any atom is -0.496 e. The molecule has 2 aromatic rings. The molecule has 1 saturated heterocycles. The van der Waals surface area contributed by atoms with Gasteiger partial charge >= 0.3 is 0 Å². The van der Waals surface area contributed by atoms with E-state index in [4.69, 9.17) is 4.74 Å². The Labute approximate surface area is 155 Å². The molecular weight excluding hydrogens is 326 g/mol. The number of rotatable bonds is 7. The first-order valence-corrected chi connectivity index (χ1v) is 9.28. The average molecular weight is 353 g/mol. The molecule has 0 spiro atoms. The van der Waals surface area contributed by atoms with Crippen molar-refractivity contribution in [2.45, 2.75) is 32.3 Å². The van der Waals surface area contributed by atoms with Crippen LogP contribution in [0.1, 0.15) is 29.5 Å². The lowest BCUT2D eigenvalue weighted by molar-refractivity contribution is -0.130. The second-order valence-corrected chi connectivity index (χ2v) is 6.99. The van der Waals surface area contributed by atoms with Crippen molar-refractivity contribution in [3.05, 3.63) is 65.2 Å². The molecule has 1 heterocycles. The minimum absolute atomic E-state index is 0.0755. The van der Waals surface area contributed by atoms with Crippen LogP contribution in [0.2, 0.25) is 0 Å². The Balaban J connectivity index is 1.50. The summed E-state index contributed by atoms with van der Waals surface area (Å²) in [6.07, 6.45) is 3.24. The predicted octanol–water partition coefficient (Wildman–Crippen LogP) is 3.21. The molecule has 4 heteroatoms. The van der Waals surface area contributed by atoms with Crippen LogP contribution in [0.3, 0.4) is 0 Å². The normalized spacial score (nSPS) is 16.7. The van der Waals surface area contributed by atoms with Crippen LogP contribution in [0.25, 0.3) is 0 Å². The van der Waals surface area contributed by atoms with Gasteiger partial charge < -0.3 is 14.7 Å². The van der Waals surface area contributed by atoms with E-state index in [1.54, 1.807) is 7.11 Å². The number of hydrogen-bond acceptors (Lipinski definition) is 3. The first-order chi connectivity index (χ1) is 12.7. The minimum atomic E-state index is 0.0755. The largest absolute Gasteiger partial charge is 0.496 e. The molecule has 0 aromatic heterocycles. The van der Waals surface area contributed by atoms with E-state index >= 15 is 0 Å².